The SMILES string of the molecule is CCOC(=O)C1C(c2cccc([N+](=O)[O-])c2)C(C(=O)OC)=C(C)NC1(C)N1CCC(C(O)c2ccc(F)cc2)CC1. The maximum Gasteiger partial charge on any atom is 0.336 e. The van der Waals surface area contributed by atoms with Gasteiger partial charge in [0.25, 0.3) is 5.69 Å². The molecule has 0 aromatic heterocycles. The molecule has 220 valence electrons. The smallest absolute Gasteiger partial charge is 0.336 e. The van der Waals surface area contributed by atoms with Gasteiger partial charge in [-0.25, -0.2) is 9.18 Å². The first kappa shape index (κ1) is 30.1. The number of likely N-dealkylation sites (tertiary alicyclic amines) is 1. The van der Waals surface area contributed by atoms with Crippen LogP contribution >= 0.6 is 0 Å². The van der Waals surface area contributed by atoms with Crippen molar-refractivity contribution in [1.82, 2.24) is 10.2 Å². The van der Waals surface area contributed by atoms with E-state index in [0.717, 1.165) is 0 Å². The van der Waals surface area contributed by atoms with Gasteiger partial charge in [0.2, 0.25) is 0 Å². The minimum atomic E-state index is -1.05. The number of non-ortho nitro benzene ring substituents is 1. The summed E-state index contributed by atoms with van der Waals surface area (Å²) < 4.78 is 24.0. The standard InChI is InChI=1S/C30H36FN3O7/c1-5-41-29(37)26-25(21-7-6-8-23(17-21)34(38)39)24(28(36)40-4)18(2)32-30(26,3)33-15-13-20(14-16-33)27(35)19-9-11-22(31)12-10-19/h6-12,17,20,25-27,32,35H,5,13-16H2,1-4H3. The van der Waals surface area contributed by atoms with Gasteiger partial charge in [-0.2, -0.15) is 0 Å². The highest BCUT2D eigenvalue weighted by atomic mass is 19.1. The van der Waals surface area contributed by atoms with Crippen molar-refractivity contribution in [3.63, 3.8) is 0 Å². The molecule has 0 amide bonds. The minimum absolute atomic E-state index is 0.0835. The molecule has 1 saturated heterocycles. The Bertz CT molecular complexity index is 1320. The molecular formula is C30H36FN3O7. The first-order valence-corrected chi connectivity index (χ1v) is 13.7. The van der Waals surface area contributed by atoms with E-state index in [1.54, 1.807) is 32.0 Å². The average Bonchev–Trinajstić information content (AvgIpc) is 2.96. The summed E-state index contributed by atoms with van der Waals surface area (Å²) in [6.07, 6.45) is 0.426. The number of carbonyl (C=O) groups is 2. The van der Waals surface area contributed by atoms with Gasteiger partial charge < -0.3 is 19.9 Å². The molecular weight excluding hydrogens is 533 g/mol. The molecule has 4 unspecified atom stereocenters. The van der Waals surface area contributed by atoms with Crippen LogP contribution < -0.4 is 5.32 Å². The number of nitrogens with one attached hydrogen (secondary N) is 1. The van der Waals surface area contributed by atoms with Crippen molar-refractivity contribution in [3.8, 4) is 0 Å². The highest BCUT2D eigenvalue weighted by Gasteiger charge is 2.55. The molecule has 0 radical (unpaired) electrons. The highest BCUT2D eigenvalue weighted by molar-refractivity contribution is 5.93. The van der Waals surface area contributed by atoms with Crippen molar-refractivity contribution in [3.05, 3.63) is 86.9 Å². The molecule has 0 aliphatic carbocycles. The van der Waals surface area contributed by atoms with Crippen molar-refractivity contribution in [2.24, 2.45) is 11.8 Å². The lowest BCUT2D eigenvalue weighted by Crippen LogP contribution is -2.68. The minimum Gasteiger partial charge on any atom is -0.466 e. The number of esters is 2. The fraction of sp³-hybridized carbons (Fsp3) is 0.467. The largest absolute Gasteiger partial charge is 0.466 e. The molecule has 4 atom stereocenters. The second kappa shape index (κ2) is 12.4. The molecule has 0 bridgehead atoms. The molecule has 11 heteroatoms. The number of nitro benzene ring substituents is 1. The molecule has 2 aliphatic heterocycles. The highest BCUT2D eigenvalue weighted by Crippen LogP contribution is 2.47. The lowest BCUT2D eigenvalue weighted by atomic mass is 9.69. The second-order valence-electron chi connectivity index (χ2n) is 10.7. The van der Waals surface area contributed by atoms with Crippen molar-refractivity contribution >= 4 is 17.6 Å². The summed E-state index contributed by atoms with van der Waals surface area (Å²) in [5.41, 5.74) is 0.544. The molecule has 0 spiro atoms. The van der Waals surface area contributed by atoms with Crippen LogP contribution in [0.1, 0.15) is 56.8 Å². The molecule has 2 N–H and O–H groups in total. The first-order chi connectivity index (χ1) is 19.5. The summed E-state index contributed by atoms with van der Waals surface area (Å²) in [6, 6.07) is 11.7. The Kier molecular flexibility index (Phi) is 9.08. The molecule has 10 nitrogen and oxygen atoms in total. The van der Waals surface area contributed by atoms with Gasteiger partial charge in [0.05, 0.1) is 30.3 Å². The number of halogens is 1. The second-order valence-corrected chi connectivity index (χ2v) is 10.7. The van der Waals surface area contributed by atoms with Gasteiger partial charge >= 0.3 is 11.9 Å². The molecule has 2 heterocycles. The lowest BCUT2D eigenvalue weighted by Gasteiger charge is -2.54. The van der Waals surface area contributed by atoms with Crippen molar-refractivity contribution in [2.75, 3.05) is 26.8 Å². The number of hydrogen-bond donors (Lipinski definition) is 2. The number of benzene rings is 2. The van der Waals surface area contributed by atoms with Crippen LogP contribution in [0.4, 0.5) is 10.1 Å². The summed E-state index contributed by atoms with van der Waals surface area (Å²) in [5.74, 6) is -3.52. The van der Waals surface area contributed by atoms with Crippen LogP contribution in [0.5, 0.6) is 0 Å². The van der Waals surface area contributed by atoms with E-state index in [4.69, 9.17) is 9.47 Å². The van der Waals surface area contributed by atoms with Gasteiger partial charge in [-0.15, -0.1) is 0 Å². The quantitative estimate of drug-likeness (QED) is 0.273. The van der Waals surface area contributed by atoms with E-state index < -0.39 is 40.5 Å². The number of nitro groups is 1. The number of piperidine rings is 1. The van der Waals surface area contributed by atoms with Crippen molar-refractivity contribution < 1.29 is 33.5 Å². The number of carbonyl (C=O) groups excluding carboxylic acids is 2. The maximum atomic E-state index is 13.7. The predicted octanol–water partition coefficient (Wildman–Crippen LogP) is 4.21. The molecule has 2 aliphatic rings. The normalized spacial score (nSPS) is 24.3. The van der Waals surface area contributed by atoms with E-state index in [-0.39, 0.29) is 29.6 Å². The third-order valence-corrected chi connectivity index (χ3v) is 8.34. The Hall–Kier alpha value is -3.83. The number of aliphatic hydroxyl groups excluding tert-OH is 1. The van der Waals surface area contributed by atoms with Crippen LogP contribution in [0.25, 0.3) is 0 Å². The summed E-state index contributed by atoms with van der Waals surface area (Å²) in [5, 5.41) is 26.0. The molecule has 1 fully saturated rings. The number of methoxy groups -OCH3 is 1. The van der Waals surface area contributed by atoms with Crippen LogP contribution in [0.15, 0.2) is 59.8 Å². The van der Waals surface area contributed by atoms with Gasteiger partial charge in [-0.05, 0) is 62.8 Å². The zero-order valence-electron chi connectivity index (χ0n) is 23.6. The van der Waals surface area contributed by atoms with Crippen LogP contribution in [0.2, 0.25) is 0 Å². The van der Waals surface area contributed by atoms with Crippen molar-refractivity contribution in [1.29, 1.82) is 0 Å². The third kappa shape index (κ3) is 5.96. The molecule has 4 rings (SSSR count). The van der Waals surface area contributed by atoms with Gasteiger partial charge in [-0.1, -0.05) is 24.3 Å². The average molecular weight is 570 g/mol. The Morgan fingerprint density at radius 3 is 2.46 bits per heavy atom. The summed E-state index contributed by atoms with van der Waals surface area (Å²) in [7, 11) is 1.25. The lowest BCUT2D eigenvalue weighted by molar-refractivity contribution is -0.384. The summed E-state index contributed by atoms with van der Waals surface area (Å²) >= 11 is 0. The van der Waals surface area contributed by atoms with Gasteiger partial charge in [-0.3, -0.25) is 19.8 Å². The van der Waals surface area contributed by atoms with E-state index in [1.165, 1.54) is 37.4 Å². The Morgan fingerprint density at radius 2 is 1.88 bits per heavy atom. The summed E-state index contributed by atoms with van der Waals surface area (Å²) in [6.45, 7) is 6.40. The summed E-state index contributed by atoms with van der Waals surface area (Å²) in [4.78, 5) is 40.0. The van der Waals surface area contributed by atoms with E-state index >= 15 is 0 Å². The number of ether oxygens (including phenoxy) is 2. The predicted molar refractivity (Wildman–Crippen MR) is 148 cm³/mol. The number of hydrogen-bond acceptors (Lipinski definition) is 9. The fourth-order valence-electron chi connectivity index (χ4n) is 6.32. The number of rotatable bonds is 8. The van der Waals surface area contributed by atoms with Crippen LogP contribution in [0, 0.1) is 27.8 Å². The zero-order valence-corrected chi connectivity index (χ0v) is 23.6. The molecule has 2 aromatic carbocycles. The Balaban J connectivity index is 1.73. The van der Waals surface area contributed by atoms with Crippen LogP contribution in [-0.4, -0.2) is 59.3 Å². The number of aliphatic hydroxyl groups is 1. The van der Waals surface area contributed by atoms with Crippen LogP contribution in [0.3, 0.4) is 0 Å². The van der Waals surface area contributed by atoms with E-state index in [2.05, 4.69) is 10.2 Å². The van der Waals surface area contributed by atoms with E-state index in [9.17, 15) is 29.2 Å². The number of nitrogens with zero attached hydrogens (tertiary/aromatic N) is 2. The van der Waals surface area contributed by atoms with Crippen LogP contribution in [-0.2, 0) is 19.1 Å². The van der Waals surface area contributed by atoms with Gasteiger partial charge in [0.1, 0.15) is 17.4 Å². The van der Waals surface area contributed by atoms with Gasteiger partial charge in [0, 0.05) is 36.8 Å². The number of allylic oxidation sites excluding steroid dienone is 1. The third-order valence-electron chi connectivity index (χ3n) is 8.34. The van der Waals surface area contributed by atoms with Gasteiger partial charge in [0.15, 0.2) is 0 Å². The van der Waals surface area contributed by atoms with E-state index in [0.29, 0.717) is 42.8 Å². The first-order valence-electron chi connectivity index (χ1n) is 13.7. The molecule has 0 saturated carbocycles. The topological polar surface area (TPSA) is 131 Å². The van der Waals surface area contributed by atoms with Crippen molar-refractivity contribution in [2.45, 2.75) is 51.3 Å². The Labute approximate surface area is 238 Å². The fourth-order valence-corrected chi connectivity index (χ4v) is 6.32. The maximum absolute atomic E-state index is 13.7. The molecule has 41 heavy (non-hydrogen) atoms. The molecule has 2 aromatic rings. The zero-order chi connectivity index (χ0) is 29.9. The Morgan fingerprint density at radius 1 is 1.22 bits per heavy atom. The van der Waals surface area contributed by atoms with E-state index in [1.807, 2.05) is 6.92 Å². The monoisotopic (exact) mass is 569 g/mol.